The van der Waals surface area contributed by atoms with Gasteiger partial charge < -0.3 is 19.3 Å². The Morgan fingerprint density at radius 1 is 1.05 bits per heavy atom. The smallest absolute Gasteiger partial charge is 0.172 e. The van der Waals surface area contributed by atoms with E-state index in [9.17, 15) is 5.11 Å². The van der Waals surface area contributed by atoms with Gasteiger partial charge in [0.1, 0.15) is 0 Å². The lowest BCUT2D eigenvalue weighted by molar-refractivity contribution is -0.187. The van der Waals surface area contributed by atoms with Crippen molar-refractivity contribution >= 4 is 19.8 Å². The number of thioether (sulfide) groups is 1. The van der Waals surface area contributed by atoms with Crippen LogP contribution in [-0.4, -0.2) is 51.5 Å². The third kappa shape index (κ3) is 5.45. The minimum Gasteiger partial charge on any atom is -0.387 e. The predicted octanol–water partition coefficient (Wildman–Crippen LogP) is 8.63. The molecule has 4 fully saturated rings. The number of methoxy groups -OCH3 is 1. The average molecular weight is 611 g/mol. The summed E-state index contributed by atoms with van der Waals surface area (Å²) in [6.45, 7) is 14.2. The Hall–Kier alpha value is -0.893. The molecule has 42 heavy (non-hydrogen) atoms. The highest BCUT2D eigenvalue weighted by Gasteiger charge is 2.63. The number of ether oxygens (including phenoxy) is 3. The van der Waals surface area contributed by atoms with Gasteiger partial charge in [0.15, 0.2) is 5.79 Å². The van der Waals surface area contributed by atoms with Crippen molar-refractivity contribution in [2.45, 2.75) is 108 Å². The third-order valence-corrected chi connectivity index (χ3v) is 17.0. The monoisotopic (exact) mass is 610 g/mol. The molecule has 1 saturated heterocycles. The number of hydrogen-bond acceptors (Lipinski definition) is 5. The highest BCUT2D eigenvalue weighted by Crippen LogP contribution is 2.68. The van der Waals surface area contributed by atoms with Crippen LogP contribution in [0.3, 0.4) is 0 Å². The van der Waals surface area contributed by atoms with Gasteiger partial charge in [-0.1, -0.05) is 81.2 Å². The largest absolute Gasteiger partial charge is 0.387 e. The molecule has 6 rings (SSSR count). The van der Waals surface area contributed by atoms with E-state index in [0.29, 0.717) is 24.9 Å². The first-order valence-corrected chi connectivity index (χ1v) is 20.9. The maximum absolute atomic E-state index is 12.5. The molecule has 4 nitrogen and oxygen atoms in total. The van der Waals surface area contributed by atoms with Gasteiger partial charge >= 0.3 is 0 Å². The van der Waals surface area contributed by atoms with Gasteiger partial charge in [-0.15, -0.1) is 0 Å². The van der Waals surface area contributed by atoms with E-state index in [1.54, 1.807) is 12.7 Å². The van der Waals surface area contributed by atoms with Crippen LogP contribution in [0, 0.1) is 34.5 Å². The van der Waals surface area contributed by atoms with Gasteiger partial charge in [0.2, 0.25) is 0 Å². The van der Waals surface area contributed by atoms with Crippen molar-refractivity contribution in [1.82, 2.24) is 0 Å². The second-order valence-electron chi connectivity index (χ2n) is 15.7. The van der Waals surface area contributed by atoms with Gasteiger partial charge in [0.25, 0.3) is 0 Å². The molecule has 0 radical (unpaired) electrons. The van der Waals surface area contributed by atoms with E-state index in [2.05, 4.69) is 76.0 Å². The Balaban J connectivity index is 1.24. The summed E-state index contributed by atoms with van der Waals surface area (Å²) in [4.78, 5) is 1.28. The molecule has 6 heteroatoms. The van der Waals surface area contributed by atoms with Crippen LogP contribution in [0.4, 0.5) is 0 Å². The maximum atomic E-state index is 12.5. The summed E-state index contributed by atoms with van der Waals surface area (Å²) in [5.41, 5.74) is 1.16. The van der Waals surface area contributed by atoms with E-state index in [0.717, 1.165) is 38.4 Å². The van der Waals surface area contributed by atoms with Crippen molar-refractivity contribution in [2.75, 3.05) is 26.9 Å². The lowest BCUT2D eigenvalue weighted by Crippen LogP contribution is -2.55. The fraction of sp³-hybridized carbons (Fsp3) is 0.722. The zero-order valence-corrected chi connectivity index (χ0v) is 28.7. The van der Waals surface area contributed by atoms with Gasteiger partial charge in [0.05, 0.1) is 33.5 Å². The van der Waals surface area contributed by atoms with E-state index in [1.807, 2.05) is 11.8 Å². The van der Waals surface area contributed by atoms with E-state index in [4.69, 9.17) is 14.2 Å². The van der Waals surface area contributed by atoms with Crippen LogP contribution < -0.4 is 0 Å². The molecule has 1 N–H and O–H groups in total. The Labute approximate surface area is 260 Å². The minimum atomic E-state index is -1.60. The zero-order valence-electron chi connectivity index (χ0n) is 26.9. The molecule has 1 spiro atoms. The topological polar surface area (TPSA) is 47.9 Å². The molecule has 1 aromatic carbocycles. The Bertz CT molecular complexity index is 1190. The fourth-order valence-corrected chi connectivity index (χ4v) is 13.2. The highest BCUT2D eigenvalue weighted by molar-refractivity contribution is 8.05. The van der Waals surface area contributed by atoms with Crippen molar-refractivity contribution in [3.63, 3.8) is 0 Å². The molecule has 4 aliphatic carbocycles. The van der Waals surface area contributed by atoms with Crippen molar-refractivity contribution < 1.29 is 19.3 Å². The normalized spacial score (nSPS) is 37.5. The molecule has 7 atom stereocenters. The number of rotatable bonds is 8. The van der Waals surface area contributed by atoms with Crippen LogP contribution in [0.25, 0.3) is 0 Å². The molecule has 1 aliphatic heterocycles. The quantitative estimate of drug-likeness (QED) is 0.181. The standard InChI is InChI=1S/C36H54O4SSi/c1-33-20-21-36(39-22-23-40-36)24-26(33)12-13-28-29-14-15-31(34(29,2)18-16-30(28)33)35(37,25-38-3)19-17-32(42(4,5)6)41-27-10-8-7-9-11-27/h7-12,17,28-31,37H,13-16,18-25H2,1-6H3/b32-17+/t28-,29-,30-,31-,33-,34-,35+/m0/s1. The fourth-order valence-electron chi connectivity index (χ4n) is 10.2. The van der Waals surface area contributed by atoms with Crippen molar-refractivity contribution in [3.05, 3.63) is 52.6 Å². The number of fused-ring (bicyclic) bond motifs is 5. The first-order valence-electron chi connectivity index (χ1n) is 16.5. The van der Waals surface area contributed by atoms with Gasteiger partial charge in [-0.25, -0.2) is 0 Å². The van der Waals surface area contributed by atoms with Crippen LogP contribution in [0.2, 0.25) is 19.6 Å². The zero-order chi connectivity index (χ0) is 29.8. The first kappa shape index (κ1) is 31.1. The molecule has 232 valence electrons. The van der Waals surface area contributed by atoms with Crippen LogP contribution in [-0.2, 0) is 14.2 Å². The minimum absolute atomic E-state index is 0.142. The van der Waals surface area contributed by atoms with E-state index < -0.39 is 13.7 Å². The van der Waals surface area contributed by atoms with Crippen molar-refractivity contribution in [1.29, 1.82) is 0 Å². The SMILES string of the molecule is COC[C@](O)(C/C=C(\Sc1ccccc1)[Si](C)(C)C)[C@H]1CC[C@H]2[C@@H]3CC=C4CC5(CC[C@]4(C)[C@H]3CC[C@]12C)OCCO5. The molecule has 0 unspecified atom stereocenters. The van der Waals surface area contributed by atoms with Crippen LogP contribution >= 0.6 is 11.8 Å². The Kier molecular flexibility index (Phi) is 8.50. The summed E-state index contributed by atoms with van der Waals surface area (Å²) >= 11 is 1.90. The molecular formula is C36H54O4SSi. The molecular weight excluding hydrogens is 557 g/mol. The molecule has 0 bridgehead atoms. The van der Waals surface area contributed by atoms with Gasteiger partial charge in [-0.05, 0) is 96.1 Å². The summed E-state index contributed by atoms with van der Waals surface area (Å²) in [7, 11) is 0.167. The number of hydrogen-bond donors (Lipinski definition) is 1. The summed E-state index contributed by atoms with van der Waals surface area (Å²) in [5, 5.41) is 12.5. The van der Waals surface area contributed by atoms with Crippen LogP contribution in [0.5, 0.6) is 0 Å². The average Bonchev–Trinajstić information content (AvgIpc) is 3.56. The summed E-state index contributed by atoms with van der Waals surface area (Å²) in [6, 6.07) is 10.7. The third-order valence-electron chi connectivity index (χ3n) is 12.3. The molecule has 0 amide bonds. The summed E-state index contributed by atoms with van der Waals surface area (Å²) in [5.74, 6) is 2.00. The number of allylic oxidation sites excluding steroid dienone is 1. The van der Waals surface area contributed by atoms with Crippen LogP contribution in [0.15, 0.2) is 57.5 Å². The van der Waals surface area contributed by atoms with Crippen molar-refractivity contribution in [2.24, 2.45) is 34.5 Å². The van der Waals surface area contributed by atoms with Gasteiger partial charge in [0, 0.05) is 24.8 Å². The lowest BCUT2D eigenvalue weighted by Gasteiger charge is -2.59. The number of benzene rings is 1. The maximum Gasteiger partial charge on any atom is 0.172 e. The predicted molar refractivity (Wildman–Crippen MR) is 175 cm³/mol. The molecule has 1 aromatic rings. The molecule has 3 saturated carbocycles. The van der Waals surface area contributed by atoms with Gasteiger partial charge in [-0.3, -0.25) is 0 Å². The molecule has 5 aliphatic rings. The molecule has 1 heterocycles. The van der Waals surface area contributed by atoms with Crippen molar-refractivity contribution in [3.8, 4) is 0 Å². The van der Waals surface area contributed by atoms with E-state index >= 15 is 0 Å². The highest BCUT2D eigenvalue weighted by atomic mass is 32.2. The molecule has 0 aromatic heterocycles. The lowest BCUT2D eigenvalue weighted by atomic mass is 9.46. The van der Waals surface area contributed by atoms with Crippen LogP contribution in [0.1, 0.15) is 71.6 Å². The van der Waals surface area contributed by atoms with E-state index in [-0.39, 0.29) is 22.5 Å². The second-order valence-corrected chi connectivity index (χ2v) is 22.2. The number of aliphatic hydroxyl groups is 1. The Morgan fingerprint density at radius 2 is 1.79 bits per heavy atom. The van der Waals surface area contributed by atoms with Gasteiger partial charge in [-0.2, -0.15) is 0 Å². The summed E-state index contributed by atoms with van der Waals surface area (Å²) in [6.07, 6.45) is 14.8. The Morgan fingerprint density at radius 3 is 2.48 bits per heavy atom. The second kappa shape index (κ2) is 11.5. The van der Waals surface area contributed by atoms with E-state index in [1.165, 1.54) is 41.5 Å². The first-order chi connectivity index (χ1) is 19.9. The summed E-state index contributed by atoms with van der Waals surface area (Å²) < 4.78 is 19.6.